The number of nitrogens with one attached hydrogen (secondary N) is 1. The van der Waals surface area contributed by atoms with Crippen LogP contribution >= 0.6 is 0 Å². The summed E-state index contributed by atoms with van der Waals surface area (Å²) in [6.07, 6.45) is 5.93. The van der Waals surface area contributed by atoms with Gasteiger partial charge in [-0.1, -0.05) is 0 Å². The molecular weight excluding hydrogens is 280 g/mol. The lowest BCUT2D eigenvalue weighted by atomic mass is 10.0. The Labute approximate surface area is 134 Å². The lowest BCUT2D eigenvalue weighted by Crippen LogP contribution is -2.50. The summed E-state index contributed by atoms with van der Waals surface area (Å²) < 4.78 is 5.53. The van der Waals surface area contributed by atoms with Crippen LogP contribution in [0.1, 0.15) is 59.3 Å². The average Bonchev–Trinajstić information content (AvgIpc) is 2.83. The van der Waals surface area contributed by atoms with Gasteiger partial charge in [-0.2, -0.15) is 0 Å². The number of piperidine rings is 1. The lowest BCUT2D eigenvalue weighted by molar-refractivity contribution is 0.00989. The molecule has 1 aliphatic carbocycles. The van der Waals surface area contributed by atoms with Gasteiger partial charge in [0.1, 0.15) is 5.60 Å². The first-order valence-electron chi connectivity index (χ1n) is 8.73. The highest BCUT2D eigenvalue weighted by Gasteiger charge is 2.30. The van der Waals surface area contributed by atoms with Crippen molar-refractivity contribution in [3.05, 3.63) is 0 Å². The van der Waals surface area contributed by atoms with Gasteiger partial charge in [0.05, 0.1) is 6.10 Å². The second-order valence-corrected chi connectivity index (χ2v) is 7.81. The molecule has 1 aliphatic heterocycles. The first-order valence-corrected chi connectivity index (χ1v) is 8.73. The molecule has 0 aromatic heterocycles. The highest BCUT2D eigenvalue weighted by Crippen LogP contribution is 2.25. The van der Waals surface area contributed by atoms with E-state index in [-0.39, 0.29) is 18.2 Å². The third kappa shape index (κ3) is 5.43. The Balaban J connectivity index is 1.78. The first-order chi connectivity index (χ1) is 10.3. The summed E-state index contributed by atoms with van der Waals surface area (Å²) in [6.45, 7) is 8.29. The standard InChI is InChI=1S/C17H32N2O3/c1-17(2,3)22-16(21)19-9-5-4-6-14(19)12-18-11-13-7-8-15(20)10-13/h13-15,18,20H,4-12H2,1-3H3. The molecular formula is C17H32N2O3. The van der Waals surface area contributed by atoms with Gasteiger partial charge in [0.2, 0.25) is 0 Å². The maximum Gasteiger partial charge on any atom is 0.410 e. The molecule has 2 fully saturated rings. The molecule has 2 N–H and O–H groups in total. The summed E-state index contributed by atoms with van der Waals surface area (Å²) >= 11 is 0. The highest BCUT2D eigenvalue weighted by molar-refractivity contribution is 5.68. The number of amides is 1. The Kier molecular flexibility index (Phi) is 6.09. The number of aliphatic hydroxyl groups is 1. The second-order valence-electron chi connectivity index (χ2n) is 7.81. The van der Waals surface area contributed by atoms with Crippen molar-refractivity contribution in [2.45, 2.75) is 77.0 Å². The molecule has 3 atom stereocenters. The van der Waals surface area contributed by atoms with E-state index < -0.39 is 5.60 Å². The molecule has 3 unspecified atom stereocenters. The molecule has 2 aliphatic rings. The fourth-order valence-corrected chi connectivity index (χ4v) is 3.46. The van der Waals surface area contributed by atoms with Crippen molar-refractivity contribution in [1.29, 1.82) is 0 Å². The molecule has 0 bridgehead atoms. The van der Waals surface area contributed by atoms with Crippen molar-refractivity contribution in [1.82, 2.24) is 10.2 Å². The zero-order valence-electron chi connectivity index (χ0n) is 14.3. The van der Waals surface area contributed by atoms with Crippen molar-refractivity contribution in [2.75, 3.05) is 19.6 Å². The Hall–Kier alpha value is -0.810. The van der Waals surface area contributed by atoms with Crippen LogP contribution in [0.4, 0.5) is 4.79 Å². The van der Waals surface area contributed by atoms with Crippen LogP contribution in [0.2, 0.25) is 0 Å². The van der Waals surface area contributed by atoms with Gasteiger partial charge >= 0.3 is 6.09 Å². The van der Waals surface area contributed by atoms with Crippen LogP contribution in [0.15, 0.2) is 0 Å². The second kappa shape index (κ2) is 7.64. The van der Waals surface area contributed by atoms with Gasteiger partial charge < -0.3 is 20.1 Å². The molecule has 5 nitrogen and oxygen atoms in total. The van der Waals surface area contributed by atoms with Crippen LogP contribution in [0, 0.1) is 5.92 Å². The van der Waals surface area contributed by atoms with Crippen LogP contribution in [0.3, 0.4) is 0 Å². The van der Waals surface area contributed by atoms with Gasteiger partial charge in [0.25, 0.3) is 0 Å². The van der Waals surface area contributed by atoms with E-state index in [0.29, 0.717) is 5.92 Å². The summed E-state index contributed by atoms with van der Waals surface area (Å²) in [6, 6.07) is 0.231. The van der Waals surface area contributed by atoms with Crippen molar-refractivity contribution in [3.63, 3.8) is 0 Å². The summed E-state index contributed by atoms with van der Waals surface area (Å²) in [5.74, 6) is 0.577. The normalized spacial score (nSPS) is 29.6. The smallest absolute Gasteiger partial charge is 0.410 e. The van der Waals surface area contributed by atoms with Crippen LogP contribution in [-0.4, -0.2) is 53.5 Å². The fraction of sp³-hybridized carbons (Fsp3) is 0.941. The number of carbonyl (C=O) groups excluding carboxylic acids is 1. The van der Waals surface area contributed by atoms with Crippen LogP contribution < -0.4 is 5.32 Å². The SMILES string of the molecule is CC(C)(C)OC(=O)N1CCCCC1CNCC1CCC(O)C1. The molecule has 128 valence electrons. The molecule has 1 heterocycles. The number of ether oxygens (including phenoxy) is 1. The number of rotatable bonds is 4. The third-order valence-corrected chi connectivity index (χ3v) is 4.58. The predicted molar refractivity (Wildman–Crippen MR) is 86.8 cm³/mol. The minimum Gasteiger partial charge on any atom is -0.444 e. The van der Waals surface area contributed by atoms with Crippen LogP contribution in [0.5, 0.6) is 0 Å². The van der Waals surface area contributed by atoms with Crippen LogP contribution in [-0.2, 0) is 4.74 Å². The lowest BCUT2D eigenvalue weighted by Gasteiger charge is -2.37. The van der Waals surface area contributed by atoms with E-state index in [1.165, 1.54) is 6.42 Å². The van der Waals surface area contributed by atoms with Crippen molar-refractivity contribution in [3.8, 4) is 0 Å². The number of nitrogens with zero attached hydrogens (tertiary/aromatic N) is 1. The molecule has 2 rings (SSSR count). The monoisotopic (exact) mass is 312 g/mol. The van der Waals surface area contributed by atoms with Gasteiger partial charge in [-0.05, 0) is 71.8 Å². The van der Waals surface area contributed by atoms with E-state index in [9.17, 15) is 9.90 Å². The van der Waals surface area contributed by atoms with Crippen molar-refractivity contribution in [2.24, 2.45) is 5.92 Å². The Morgan fingerprint density at radius 2 is 2.00 bits per heavy atom. The van der Waals surface area contributed by atoms with E-state index in [1.54, 1.807) is 0 Å². The van der Waals surface area contributed by atoms with E-state index in [1.807, 2.05) is 25.7 Å². The van der Waals surface area contributed by atoms with E-state index in [2.05, 4.69) is 5.32 Å². The number of carbonyl (C=O) groups is 1. The zero-order chi connectivity index (χ0) is 16.2. The van der Waals surface area contributed by atoms with Gasteiger partial charge in [0, 0.05) is 19.1 Å². The Bertz CT molecular complexity index is 367. The molecule has 0 radical (unpaired) electrons. The topological polar surface area (TPSA) is 61.8 Å². The summed E-state index contributed by atoms with van der Waals surface area (Å²) in [7, 11) is 0. The van der Waals surface area contributed by atoms with Crippen LogP contribution in [0.25, 0.3) is 0 Å². The zero-order valence-corrected chi connectivity index (χ0v) is 14.3. The molecule has 0 aromatic carbocycles. The minimum absolute atomic E-state index is 0.111. The Morgan fingerprint density at radius 1 is 1.23 bits per heavy atom. The molecule has 22 heavy (non-hydrogen) atoms. The molecule has 5 heteroatoms. The number of hydrogen-bond donors (Lipinski definition) is 2. The highest BCUT2D eigenvalue weighted by atomic mass is 16.6. The summed E-state index contributed by atoms with van der Waals surface area (Å²) in [4.78, 5) is 14.2. The van der Waals surface area contributed by atoms with Gasteiger partial charge in [-0.3, -0.25) is 0 Å². The third-order valence-electron chi connectivity index (χ3n) is 4.58. The van der Waals surface area contributed by atoms with Gasteiger partial charge in [-0.15, -0.1) is 0 Å². The summed E-state index contributed by atoms with van der Waals surface area (Å²) in [5, 5.41) is 13.1. The first kappa shape index (κ1) is 17.5. The predicted octanol–water partition coefficient (Wildman–Crippen LogP) is 2.53. The Morgan fingerprint density at radius 3 is 2.64 bits per heavy atom. The molecule has 1 saturated carbocycles. The molecule has 1 saturated heterocycles. The molecule has 0 aromatic rings. The van der Waals surface area contributed by atoms with Crippen molar-refractivity contribution < 1.29 is 14.6 Å². The minimum atomic E-state index is -0.438. The number of likely N-dealkylation sites (tertiary alicyclic amines) is 1. The maximum absolute atomic E-state index is 12.3. The van der Waals surface area contributed by atoms with Crippen molar-refractivity contribution >= 4 is 6.09 Å². The van der Waals surface area contributed by atoms with E-state index in [4.69, 9.17) is 4.74 Å². The molecule has 0 spiro atoms. The van der Waals surface area contributed by atoms with E-state index in [0.717, 1.165) is 51.7 Å². The van der Waals surface area contributed by atoms with E-state index >= 15 is 0 Å². The number of hydrogen-bond acceptors (Lipinski definition) is 4. The number of aliphatic hydroxyl groups excluding tert-OH is 1. The largest absolute Gasteiger partial charge is 0.444 e. The van der Waals surface area contributed by atoms with Gasteiger partial charge in [-0.25, -0.2) is 4.79 Å². The maximum atomic E-state index is 12.3. The summed E-state index contributed by atoms with van der Waals surface area (Å²) in [5.41, 5.74) is -0.438. The molecule has 1 amide bonds. The van der Waals surface area contributed by atoms with Gasteiger partial charge in [0.15, 0.2) is 0 Å². The quantitative estimate of drug-likeness (QED) is 0.837. The fourth-order valence-electron chi connectivity index (χ4n) is 3.46. The average molecular weight is 312 g/mol.